The van der Waals surface area contributed by atoms with Crippen molar-refractivity contribution in [2.24, 2.45) is 4.99 Å². The molecule has 0 spiro atoms. The lowest BCUT2D eigenvalue weighted by molar-refractivity contribution is 0.0953. The third kappa shape index (κ3) is 8.37. The quantitative estimate of drug-likeness (QED) is 0.222. The molecular formula is C17H26BrIN4O2. The van der Waals surface area contributed by atoms with Crippen molar-refractivity contribution < 1.29 is 9.53 Å². The lowest BCUT2D eigenvalue weighted by atomic mass is 10.2. The van der Waals surface area contributed by atoms with Gasteiger partial charge in [0.05, 0.1) is 6.10 Å². The number of aliphatic imine (C=N–C) groups is 1. The molecule has 2 rings (SSSR count). The summed E-state index contributed by atoms with van der Waals surface area (Å²) >= 11 is 3.36. The van der Waals surface area contributed by atoms with E-state index in [1.165, 1.54) is 0 Å². The predicted octanol–water partition coefficient (Wildman–Crippen LogP) is 2.53. The van der Waals surface area contributed by atoms with Gasteiger partial charge in [0.2, 0.25) is 0 Å². The van der Waals surface area contributed by atoms with Crippen LogP contribution in [-0.2, 0) is 4.74 Å². The summed E-state index contributed by atoms with van der Waals surface area (Å²) in [4.78, 5) is 16.1. The highest BCUT2D eigenvalue weighted by atomic mass is 127. The number of benzene rings is 1. The van der Waals surface area contributed by atoms with Crippen LogP contribution in [0.15, 0.2) is 33.7 Å². The molecule has 1 amide bonds. The second kappa shape index (κ2) is 12.5. The van der Waals surface area contributed by atoms with Gasteiger partial charge in [0.25, 0.3) is 5.91 Å². The monoisotopic (exact) mass is 524 g/mol. The highest BCUT2D eigenvalue weighted by Crippen LogP contribution is 2.11. The van der Waals surface area contributed by atoms with E-state index in [1.807, 2.05) is 12.1 Å². The van der Waals surface area contributed by atoms with Crippen LogP contribution in [0, 0.1) is 0 Å². The Labute approximate surface area is 174 Å². The molecule has 0 bridgehead atoms. The van der Waals surface area contributed by atoms with E-state index in [-0.39, 0.29) is 36.0 Å². The maximum Gasteiger partial charge on any atom is 0.251 e. The van der Waals surface area contributed by atoms with E-state index in [4.69, 9.17) is 4.74 Å². The zero-order valence-corrected chi connectivity index (χ0v) is 18.3. The van der Waals surface area contributed by atoms with E-state index in [0.29, 0.717) is 12.1 Å². The third-order valence-corrected chi connectivity index (χ3v) is 4.31. The molecule has 1 fully saturated rings. The summed E-state index contributed by atoms with van der Waals surface area (Å²) in [5.74, 6) is 0.716. The molecule has 140 valence electrons. The summed E-state index contributed by atoms with van der Waals surface area (Å²) in [6.07, 6.45) is 3.35. The first-order chi connectivity index (χ1) is 11.7. The van der Waals surface area contributed by atoms with Gasteiger partial charge in [0.1, 0.15) is 0 Å². The second-order valence-electron chi connectivity index (χ2n) is 5.63. The van der Waals surface area contributed by atoms with Gasteiger partial charge in [-0.3, -0.25) is 9.79 Å². The lowest BCUT2D eigenvalue weighted by Crippen LogP contribution is -2.42. The summed E-state index contributed by atoms with van der Waals surface area (Å²) in [7, 11) is 1.75. The molecule has 6 nitrogen and oxygen atoms in total. The highest BCUT2D eigenvalue weighted by molar-refractivity contribution is 14.0. The van der Waals surface area contributed by atoms with Gasteiger partial charge in [-0.2, -0.15) is 0 Å². The van der Waals surface area contributed by atoms with Crippen LogP contribution < -0.4 is 16.0 Å². The maximum absolute atomic E-state index is 12.0. The van der Waals surface area contributed by atoms with E-state index in [0.717, 1.165) is 49.4 Å². The van der Waals surface area contributed by atoms with Gasteiger partial charge in [-0.1, -0.05) is 15.9 Å². The molecule has 1 aromatic carbocycles. The lowest BCUT2D eigenvalue weighted by Gasteiger charge is -2.15. The first-order valence-corrected chi connectivity index (χ1v) is 9.08. The number of carbonyl (C=O) groups excluding carboxylic acids is 1. The van der Waals surface area contributed by atoms with Crippen LogP contribution in [0.3, 0.4) is 0 Å². The zero-order chi connectivity index (χ0) is 17.2. The van der Waals surface area contributed by atoms with E-state index >= 15 is 0 Å². The van der Waals surface area contributed by atoms with Gasteiger partial charge in [-0.15, -0.1) is 24.0 Å². The van der Waals surface area contributed by atoms with Crippen molar-refractivity contribution in [2.75, 3.05) is 33.3 Å². The normalized spacial score (nSPS) is 16.9. The molecule has 0 aliphatic carbocycles. The second-order valence-corrected chi connectivity index (χ2v) is 6.55. The minimum absolute atomic E-state index is 0. The Balaban J connectivity index is 0.00000312. The van der Waals surface area contributed by atoms with Crippen LogP contribution in [0.1, 0.15) is 29.6 Å². The predicted molar refractivity (Wildman–Crippen MR) is 115 cm³/mol. The number of rotatable bonds is 7. The van der Waals surface area contributed by atoms with Crippen LogP contribution >= 0.6 is 39.9 Å². The summed E-state index contributed by atoms with van der Waals surface area (Å²) in [5.41, 5.74) is 0.667. The number of halogens is 2. The fraction of sp³-hybridized carbons (Fsp3) is 0.529. The van der Waals surface area contributed by atoms with Crippen LogP contribution in [-0.4, -0.2) is 51.3 Å². The molecule has 1 saturated heterocycles. The zero-order valence-electron chi connectivity index (χ0n) is 14.4. The molecule has 1 aliphatic rings. The van der Waals surface area contributed by atoms with Crippen molar-refractivity contribution >= 4 is 51.8 Å². The molecule has 8 heteroatoms. The van der Waals surface area contributed by atoms with Crippen molar-refractivity contribution in [3.63, 3.8) is 0 Å². The number of hydrogen-bond donors (Lipinski definition) is 3. The van der Waals surface area contributed by atoms with Crippen LogP contribution in [0.4, 0.5) is 0 Å². The van der Waals surface area contributed by atoms with Gasteiger partial charge >= 0.3 is 0 Å². The number of nitrogens with zero attached hydrogens (tertiary/aromatic N) is 1. The average molecular weight is 525 g/mol. The van der Waals surface area contributed by atoms with Gasteiger partial charge in [-0.25, -0.2) is 0 Å². The molecule has 1 aliphatic heterocycles. The van der Waals surface area contributed by atoms with E-state index in [2.05, 4.69) is 36.9 Å². The van der Waals surface area contributed by atoms with Gasteiger partial charge in [-0.05, 0) is 43.5 Å². The Morgan fingerprint density at radius 3 is 2.60 bits per heavy atom. The molecule has 25 heavy (non-hydrogen) atoms. The SMILES string of the molecule is CN=C(NCCCNC(=O)c1ccc(Br)cc1)NCC1CCCO1.I. The summed E-state index contributed by atoms with van der Waals surface area (Å²) < 4.78 is 6.53. The Bertz CT molecular complexity index is 548. The third-order valence-electron chi connectivity index (χ3n) is 3.78. The van der Waals surface area contributed by atoms with E-state index in [1.54, 1.807) is 19.2 Å². The largest absolute Gasteiger partial charge is 0.376 e. The minimum Gasteiger partial charge on any atom is -0.376 e. The van der Waals surface area contributed by atoms with Gasteiger partial charge in [0, 0.05) is 43.3 Å². The van der Waals surface area contributed by atoms with Gasteiger partial charge in [0.15, 0.2) is 5.96 Å². The highest BCUT2D eigenvalue weighted by Gasteiger charge is 2.15. The molecule has 1 heterocycles. The molecule has 0 aromatic heterocycles. The molecule has 0 saturated carbocycles. The molecular weight excluding hydrogens is 499 g/mol. The number of amides is 1. The Hall–Kier alpha value is -0.870. The average Bonchev–Trinajstić information content (AvgIpc) is 3.11. The van der Waals surface area contributed by atoms with Crippen molar-refractivity contribution in [3.05, 3.63) is 34.3 Å². The molecule has 3 N–H and O–H groups in total. The van der Waals surface area contributed by atoms with Crippen LogP contribution in [0.2, 0.25) is 0 Å². The first-order valence-electron chi connectivity index (χ1n) is 8.29. The smallest absolute Gasteiger partial charge is 0.251 e. The fourth-order valence-corrected chi connectivity index (χ4v) is 2.70. The number of guanidine groups is 1. The molecule has 0 radical (unpaired) electrons. The Morgan fingerprint density at radius 2 is 1.96 bits per heavy atom. The van der Waals surface area contributed by atoms with Crippen molar-refractivity contribution in [2.45, 2.75) is 25.4 Å². The molecule has 1 aromatic rings. The summed E-state index contributed by atoms with van der Waals surface area (Å²) in [6.45, 7) is 2.99. The Morgan fingerprint density at radius 1 is 1.24 bits per heavy atom. The molecule has 1 atom stereocenters. The minimum atomic E-state index is -0.0524. The Kier molecular flexibility index (Phi) is 11.1. The number of hydrogen-bond acceptors (Lipinski definition) is 3. The van der Waals surface area contributed by atoms with Crippen LogP contribution in [0.25, 0.3) is 0 Å². The number of carbonyl (C=O) groups is 1. The van der Waals surface area contributed by atoms with Crippen molar-refractivity contribution in [1.29, 1.82) is 0 Å². The standard InChI is InChI=1S/C17H25BrN4O2.HI/c1-19-17(22-12-15-4-2-11-24-15)21-10-3-9-20-16(23)13-5-7-14(18)8-6-13;/h5-8,15H,2-4,9-12H2,1H3,(H,20,23)(H2,19,21,22);1H. The topological polar surface area (TPSA) is 74.8 Å². The molecule has 1 unspecified atom stereocenters. The van der Waals surface area contributed by atoms with Crippen molar-refractivity contribution in [1.82, 2.24) is 16.0 Å². The maximum atomic E-state index is 12.0. The van der Waals surface area contributed by atoms with Gasteiger partial charge < -0.3 is 20.7 Å². The first kappa shape index (κ1) is 22.2. The fourth-order valence-electron chi connectivity index (χ4n) is 2.44. The van der Waals surface area contributed by atoms with E-state index in [9.17, 15) is 4.79 Å². The number of ether oxygens (including phenoxy) is 1. The van der Waals surface area contributed by atoms with Crippen LogP contribution in [0.5, 0.6) is 0 Å². The van der Waals surface area contributed by atoms with Crippen molar-refractivity contribution in [3.8, 4) is 0 Å². The summed E-state index contributed by atoms with van der Waals surface area (Å²) in [5, 5.41) is 9.42. The summed E-state index contributed by atoms with van der Waals surface area (Å²) in [6, 6.07) is 7.32. The van der Waals surface area contributed by atoms with E-state index < -0.39 is 0 Å². The number of nitrogens with one attached hydrogen (secondary N) is 3.